The summed E-state index contributed by atoms with van der Waals surface area (Å²) in [7, 11) is 0. The minimum atomic E-state index is -0.564. The molecule has 0 aliphatic rings. The molecule has 0 aliphatic heterocycles. The van der Waals surface area contributed by atoms with E-state index < -0.39 is 9.85 Å². The molecule has 0 fully saturated rings. The highest BCUT2D eigenvalue weighted by atomic mass is 16.6. The van der Waals surface area contributed by atoms with Crippen LogP contribution in [0, 0.1) is 27.2 Å². The first-order valence-electron chi connectivity index (χ1n) is 5.60. The first-order valence-corrected chi connectivity index (χ1v) is 5.60. The predicted molar refractivity (Wildman–Crippen MR) is 72.0 cm³/mol. The van der Waals surface area contributed by atoms with Gasteiger partial charge in [0.2, 0.25) is 0 Å². The number of hydrogen-bond donors (Lipinski definition) is 1. The van der Waals surface area contributed by atoms with Gasteiger partial charge in [0.15, 0.2) is 0 Å². The molecule has 0 radical (unpaired) electrons. The van der Waals surface area contributed by atoms with Gasteiger partial charge in [-0.25, -0.2) is 4.98 Å². The van der Waals surface area contributed by atoms with E-state index >= 15 is 0 Å². The van der Waals surface area contributed by atoms with Gasteiger partial charge in [-0.1, -0.05) is 6.07 Å². The summed E-state index contributed by atoms with van der Waals surface area (Å²) in [4.78, 5) is 24.2. The highest BCUT2D eigenvalue weighted by Crippen LogP contribution is 2.28. The monoisotopic (exact) mass is 274 g/mol. The van der Waals surface area contributed by atoms with Gasteiger partial charge in [0.05, 0.1) is 9.85 Å². The number of aryl methyl sites for hydroxylation is 1. The molecule has 2 rings (SSSR count). The minimum Gasteiger partial charge on any atom is -0.335 e. The van der Waals surface area contributed by atoms with Crippen LogP contribution in [0.2, 0.25) is 0 Å². The molecule has 0 bridgehead atoms. The van der Waals surface area contributed by atoms with Gasteiger partial charge in [0, 0.05) is 12.1 Å². The number of nitro benzene ring substituents is 1. The number of rotatable bonds is 4. The van der Waals surface area contributed by atoms with Crippen LogP contribution in [0.5, 0.6) is 0 Å². The van der Waals surface area contributed by atoms with E-state index in [0.29, 0.717) is 5.82 Å². The molecule has 0 aliphatic carbocycles. The largest absolute Gasteiger partial charge is 0.335 e. The van der Waals surface area contributed by atoms with Crippen molar-refractivity contribution in [2.45, 2.75) is 6.92 Å². The quantitative estimate of drug-likeness (QED) is 0.677. The Morgan fingerprint density at radius 3 is 2.40 bits per heavy atom. The summed E-state index contributed by atoms with van der Waals surface area (Å²) in [6.45, 7) is 1.75. The van der Waals surface area contributed by atoms with E-state index in [1.165, 1.54) is 18.2 Å². The molecule has 1 aromatic carbocycles. The van der Waals surface area contributed by atoms with Crippen molar-refractivity contribution in [3.8, 4) is 0 Å². The molecule has 102 valence electrons. The summed E-state index contributed by atoms with van der Waals surface area (Å²) in [5, 5.41) is 24.2. The molecule has 8 heteroatoms. The Morgan fingerprint density at radius 2 is 1.85 bits per heavy atom. The van der Waals surface area contributed by atoms with Crippen molar-refractivity contribution < 1.29 is 9.85 Å². The maximum atomic E-state index is 11.0. The lowest BCUT2D eigenvalue weighted by Crippen LogP contribution is -1.99. The predicted octanol–water partition coefficient (Wildman–Crippen LogP) is 2.95. The SMILES string of the molecule is Cc1ccc(Nc2ccc([N+](=O)[O-])cn2)c([N+](=O)[O-])c1. The fourth-order valence-electron chi connectivity index (χ4n) is 1.60. The summed E-state index contributed by atoms with van der Waals surface area (Å²) in [6, 6.07) is 7.39. The Hall–Kier alpha value is -3.03. The van der Waals surface area contributed by atoms with Crippen molar-refractivity contribution in [2.75, 3.05) is 5.32 Å². The van der Waals surface area contributed by atoms with E-state index in [0.717, 1.165) is 11.8 Å². The second-order valence-corrected chi connectivity index (χ2v) is 4.06. The number of anilines is 2. The Balaban J connectivity index is 2.30. The number of aromatic nitrogens is 1. The molecule has 0 saturated carbocycles. The number of pyridine rings is 1. The van der Waals surface area contributed by atoms with E-state index in [9.17, 15) is 20.2 Å². The molecule has 1 aromatic heterocycles. The topological polar surface area (TPSA) is 111 Å². The van der Waals surface area contributed by atoms with Crippen molar-refractivity contribution in [3.63, 3.8) is 0 Å². The lowest BCUT2D eigenvalue weighted by molar-refractivity contribution is -0.385. The van der Waals surface area contributed by atoms with Crippen LogP contribution in [0.15, 0.2) is 36.5 Å². The third kappa shape index (κ3) is 2.86. The standard InChI is InChI=1S/C12H10N4O4/c1-8-2-4-10(11(6-8)16(19)20)14-12-5-3-9(7-13-12)15(17)18/h2-7H,1H3,(H,13,14). The molecule has 0 unspecified atom stereocenters. The number of benzene rings is 1. The van der Waals surface area contributed by atoms with E-state index in [4.69, 9.17) is 0 Å². The first-order chi connectivity index (χ1) is 9.47. The highest BCUT2D eigenvalue weighted by Gasteiger charge is 2.14. The molecule has 0 amide bonds. The molecule has 0 spiro atoms. The zero-order chi connectivity index (χ0) is 14.7. The Labute approximate surface area is 113 Å². The van der Waals surface area contributed by atoms with Gasteiger partial charge in [0.25, 0.3) is 11.4 Å². The smallest absolute Gasteiger partial charge is 0.292 e. The lowest BCUT2D eigenvalue weighted by atomic mass is 10.2. The minimum absolute atomic E-state index is 0.0786. The summed E-state index contributed by atoms with van der Waals surface area (Å²) >= 11 is 0. The zero-order valence-corrected chi connectivity index (χ0v) is 10.4. The van der Waals surface area contributed by atoms with Crippen molar-refractivity contribution in [3.05, 3.63) is 62.3 Å². The Bertz CT molecular complexity index is 670. The molecule has 20 heavy (non-hydrogen) atoms. The second kappa shape index (κ2) is 5.31. The van der Waals surface area contributed by atoms with Gasteiger partial charge in [-0.2, -0.15) is 0 Å². The molecular weight excluding hydrogens is 264 g/mol. The van der Waals surface area contributed by atoms with Crippen molar-refractivity contribution in [2.24, 2.45) is 0 Å². The van der Waals surface area contributed by atoms with Crippen LogP contribution in [0.25, 0.3) is 0 Å². The Kier molecular flexibility index (Phi) is 3.56. The third-order valence-electron chi connectivity index (χ3n) is 2.57. The number of nitrogens with one attached hydrogen (secondary N) is 1. The number of nitro groups is 2. The normalized spacial score (nSPS) is 10.1. The van der Waals surface area contributed by atoms with E-state index in [-0.39, 0.29) is 17.1 Å². The second-order valence-electron chi connectivity index (χ2n) is 4.06. The maximum Gasteiger partial charge on any atom is 0.292 e. The zero-order valence-electron chi connectivity index (χ0n) is 10.4. The molecular formula is C12H10N4O4. The van der Waals surface area contributed by atoms with Crippen molar-refractivity contribution in [1.29, 1.82) is 0 Å². The van der Waals surface area contributed by atoms with E-state index in [2.05, 4.69) is 10.3 Å². The van der Waals surface area contributed by atoms with E-state index in [1.807, 2.05) is 0 Å². The van der Waals surface area contributed by atoms with Crippen LogP contribution < -0.4 is 5.32 Å². The Morgan fingerprint density at radius 1 is 1.10 bits per heavy atom. The fraction of sp³-hybridized carbons (Fsp3) is 0.0833. The summed E-state index contributed by atoms with van der Waals surface area (Å²) in [5.74, 6) is 0.294. The van der Waals surface area contributed by atoms with Gasteiger partial charge in [-0.15, -0.1) is 0 Å². The van der Waals surface area contributed by atoms with Crippen molar-refractivity contribution >= 4 is 22.9 Å². The van der Waals surface area contributed by atoms with Gasteiger partial charge >= 0.3 is 0 Å². The average Bonchev–Trinajstić information content (AvgIpc) is 2.41. The van der Waals surface area contributed by atoms with Gasteiger partial charge in [0.1, 0.15) is 17.7 Å². The molecule has 0 saturated heterocycles. The molecule has 2 aromatic rings. The summed E-state index contributed by atoms with van der Waals surface area (Å²) < 4.78 is 0. The third-order valence-corrected chi connectivity index (χ3v) is 2.57. The van der Waals surface area contributed by atoms with Crippen LogP contribution in [0.3, 0.4) is 0 Å². The van der Waals surface area contributed by atoms with Crippen LogP contribution in [0.1, 0.15) is 5.56 Å². The van der Waals surface area contributed by atoms with Gasteiger partial charge in [-0.05, 0) is 24.6 Å². The van der Waals surface area contributed by atoms with Crippen LogP contribution in [-0.2, 0) is 0 Å². The van der Waals surface area contributed by atoms with E-state index in [1.54, 1.807) is 19.1 Å². The summed E-state index contributed by atoms with van der Waals surface area (Å²) in [5.41, 5.74) is 0.819. The number of nitrogens with zero attached hydrogens (tertiary/aromatic N) is 3. The average molecular weight is 274 g/mol. The lowest BCUT2D eigenvalue weighted by Gasteiger charge is -2.06. The summed E-state index contributed by atoms with van der Waals surface area (Å²) in [6.07, 6.45) is 1.09. The molecule has 8 nitrogen and oxygen atoms in total. The molecule has 0 atom stereocenters. The van der Waals surface area contributed by atoms with Crippen LogP contribution >= 0.6 is 0 Å². The first kappa shape index (κ1) is 13.4. The van der Waals surface area contributed by atoms with Gasteiger partial charge < -0.3 is 5.32 Å². The van der Waals surface area contributed by atoms with Crippen molar-refractivity contribution in [1.82, 2.24) is 4.98 Å². The van der Waals surface area contributed by atoms with Gasteiger partial charge in [-0.3, -0.25) is 20.2 Å². The molecule has 1 heterocycles. The van der Waals surface area contributed by atoms with Crippen LogP contribution in [-0.4, -0.2) is 14.8 Å². The number of hydrogen-bond acceptors (Lipinski definition) is 6. The maximum absolute atomic E-state index is 11.0. The highest BCUT2D eigenvalue weighted by molar-refractivity contribution is 5.68. The molecule has 1 N–H and O–H groups in total. The van der Waals surface area contributed by atoms with Crippen LogP contribution in [0.4, 0.5) is 22.9 Å². The fourth-order valence-corrected chi connectivity index (χ4v) is 1.60.